The molecule has 0 bridgehead atoms. The highest BCUT2D eigenvalue weighted by Gasteiger charge is 2.29. The molecule has 0 amide bonds. The molecule has 0 rings (SSSR count). The molecule has 0 saturated carbocycles. The fourth-order valence-electron chi connectivity index (χ4n) is 7.41. The Morgan fingerprint density at radius 3 is 1.84 bits per heavy atom. The Hall–Kier alpha value is -0.903. The Bertz CT molecular complexity index is 925. The Morgan fingerprint density at radius 1 is 0.673 bits per heavy atom. The molecule has 0 aromatic rings. The van der Waals surface area contributed by atoms with Crippen molar-refractivity contribution in [1.29, 1.82) is 0 Å². The summed E-state index contributed by atoms with van der Waals surface area (Å²) in [4.78, 5) is 2.22. The molecule has 0 aromatic heterocycles. The third-order valence-corrected chi connectivity index (χ3v) is 12.9. The molecule has 3 unspecified atom stereocenters. The number of nitrogens with zero attached hydrogens (tertiary/aromatic N) is 1. The normalized spacial score (nSPS) is 14.3. The Labute approximate surface area is 347 Å². The highest BCUT2D eigenvalue weighted by molar-refractivity contribution is 6.64. The van der Waals surface area contributed by atoms with E-state index < -0.39 is 8.56 Å². The molecule has 0 saturated heterocycles. The lowest BCUT2D eigenvalue weighted by atomic mass is 9.91. The third-order valence-electron chi connectivity index (χ3n) is 11.2. The lowest BCUT2D eigenvalue weighted by Gasteiger charge is -2.29. The van der Waals surface area contributed by atoms with Crippen LogP contribution in [0.2, 0.25) is 13.1 Å². The number of allylic oxidation sites excluding steroid dienone is 3. The SMILES string of the molecule is C#CCN(C)CCCCCCO[Si](C)(C)OC(CCCCCCC/C=C\CCCCCCCC)OC/C=C(\C)CCCC(C)CCCC(C)CCCC(C)C. The van der Waals surface area contributed by atoms with Gasteiger partial charge in [0.1, 0.15) is 6.29 Å². The van der Waals surface area contributed by atoms with E-state index in [9.17, 15) is 0 Å². The molecule has 5 heteroatoms. The average molecular weight is 788 g/mol. The van der Waals surface area contributed by atoms with E-state index in [1.54, 1.807) is 0 Å². The van der Waals surface area contributed by atoms with Gasteiger partial charge in [-0.25, -0.2) is 0 Å². The van der Waals surface area contributed by atoms with Gasteiger partial charge in [-0.3, -0.25) is 4.90 Å². The van der Waals surface area contributed by atoms with Gasteiger partial charge >= 0.3 is 8.56 Å². The summed E-state index contributed by atoms with van der Waals surface area (Å²) in [6.07, 6.45) is 47.2. The summed E-state index contributed by atoms with van der Waals surface area (Å²) in [5.74, 6) is 5.27. The first-order valence-corrected chi connectivity index (χ1v) is 26.7. The zero-order valence-electron chi connectivity index (χ0n) is 38.7. The number of ether oxygens (including phenoxy) is 1. The van der Waals surface area contributed by atoms with Gasteiger partial charge in [-0.05, 0) is 116 Å². The maximum atomic E-state index is 6.65. The van der Waals surface area contributed by atoms with Crippen LogP contribution in [0.25, 0.3) is 0 Å². The smallest absolute Gasteiger partial charge is 0.333 e. The summed E-state index contributed by atoms with van der Waals surface area (Å²) in [6.45, 7) is 21.7. The quantitative estimate of drug-likeness (QED) is 0.0203. The van der Waals surface area contributed by atoms with Crippen molar-refractivity contribution in [3.8, 4) is 12.3 Å². The zero-order valence-corrected chi connectivity index (χ0v) is 39.7. The van der Waals surface area contributed by atoms with E-state index in [0.717, 1.165) is 56.7 Å². The molecular formula is C50H97NO3Si. The first-order chi connectivity index (χ1) is 26.5. The average Bonchev–Trinajstić information content (AvgIpc) is 3.12. The summed E-state index contributed by atoms with van der Waals surface area (Å²) in [7, 11) is -0.199. The van der Waals surface area contributed by atoms with Crippen molar-refractivity contribution < 1.29 is 13.6 Å². The molecule has 3 atom stereocenters. The van der Waals surface area contributed by atoms with Crippen molar-refractivity contribution in [2.24, 2.45) is 17.8 Å². The number of rotatable bonds is 41. The molecule has 0 aliphatic carbocycles. The third kappa shape index (κ3) is 39.7. The van der Waals surface area contributed by atoms with Gasteiger partial charge in [0.05, 0.1) is 13.2 Å². The van der Waals surface area contributed by atoms with Crippen LogP contribution < -0.4 is 0 Å². The number of hydrogen-bond donors (Lipinski definition) is 0. The van der Waals surface area contributed by atoms with Crippen molar-refractivity contribution in [1.82, 2.24) is 4.90 Å². The van der Waals surface area contributed by atoms with E-state index in [4.69, 9.17) is 20.0 Å². The molecule has 324 valence electrons. The first-order valence-electron chi connectivity index (χ1n) is 23.8. The Morgan fingerprint density at radius 2 is 1.22 bits per heavy atom. The van der Waals surface area contributed by atoms with Crippen molar-refractivity contribution in [3.05, 3.63) is 23.8 Å². The largest absolute Gasteiger partial charge is 0.394 e. The van der Waals surface area contributed by atoms with Crippen LogP contribution in [-0.2, 0) is 13.6 Å². The topological polar surface area (TPSA) is 30.9 Å². The maximum Gasteiger partial charge on any atom is 0.333 e. The second-order valence-electron chi connectivity index (χ2n) is 18.3. The van der Waals surface area contributed by atoms with Crippen LogP contribution in [0.15, 0.2) is 23.8 Å². The van der Waals surface area contributed by atoms with Crippen LogP contribution in [0.5, 0.6) is 0 Å². The molecule has 0 aliphatic heterocycles. The van der Waals surface area contributed by atoms with Crippen molar-refractivity contribution in [2.75, 3.05) is 33.4 Å². The van der Waals surface area contributed by atoms with E-state index in [0.29, 0.717) is 6.61 Å². The van der Waals surface area contributed by atoms with E-state index in [1.165, 1.54) is 160 Å². The van der Waals surface area contributed by atoms with E-state index >= 15 is 0 Å². The minimum Gasteiger partial charge on any atom is -0.394 e. The highest BCUT2D eigenvalue weighted by Crippen LogP contribution is 2.23. The van der Waals surface area contributed by atoms with Crippen molar-refractivity contribution >= 4 is 8.56 Å². The van der Waals surface area contributed by atoms with E-state index in [1.807, 2.05) is 0 Å². The monoisotopic (exact) mass is 788 g/mol. The summed E-state index contributed by atoms with van der Waals surface area (Å²) in [6, 6.07) is 0. The second kappa shape index (κ2) is 38.6. The summed E-state index contributed by atoms with van der Waals surface area (Å²) >= 11 is 0. The first kappa shape index (κ1) is 54.1. The number of terminal acetylenes is 1. The van der Waals surface area contributed by atoms with Crippen molar-refractivity contribution in [2.45, 2.75) is 234 Å². The summed E-state index contributed by atoms with van der Waals surface area (Å²) in [5, 5.41) is 0. The van der Waals surface area contributed by atoms with Gasteiger partial charge in [-0.1, -0.05) is 173 Å². The molecule has 0 fully saturated rings. The van der Waals surface area contributed by atoms with Gasteiger partial charge in [0.2, 0.25) is 0 Å². The van der Waals surface area contributed by atoms with Gasteiger partial charge in [0, 0.05) is 6.61 Å². The predicted molar refractivity (Wildman–Crippen MR) is 247 cm³/mol. The van der Waals surface area contributed by atoms with Gasteiger partial charge in [-0.2, -0.15) is 0 Å². The Kier molecular flexibility index (Phi) is 38.0. The molecular weight excluding hydrogens is 691 g/mol. The lowest BCUT2D eigenvalue weighted by molar-refractivity contribution is -0.0939. The minimum atomic E-state index is -2.30. The highest BCUT2D eigenvalue weighted by atomic mass is 28.4. The fraction of sp³-hybridized carbons (Fsp3) is 0.880. The maximum absolute atomic E-state index is 6.65. The number of unbranched alkanes of at least 4 members (excludes halogenated alkanes) is 14. The molecule has 4 nitrogen and oxygen atoms in total. The standard InChI is InChI=1S/C50H97NO3Si/c1-11-13-14-15-16-17-18-19-20-21-22-23-24-25-28-40-50(54-55(9,10)53-44-30-27-26-29-43-51(8)42-12-2)52-45-41-49(7)39-33-38-48(6)37-32-36-47(5)35-31-34-46(3)4/h2,19-20,41,46-48,50H,11,13-18,21-40,42-45H2,1,3-10H3/b20-19-,49-41+. The van der Waals surface area contributed by atoms with E-state index in [2.05, 4.69) is 90.7 Å². The molecule has 0 heterocycles. The molecule has 0 N–H and O–H groups in total. The van der Waals surface area contributed by atoms with Crippen LogP contribution in [-0.4, -0.2) is 53.1 Å². The molecule has 55 heavy (non-hydrogen) atoms. The van der Waals surface area contributed by atoms with Crippen LogP contribution in [0.3, 0.4) is 0 Å². The van der Waals surface area contributed by atoms with E-state index in [-0.39, 0.29) is 6.29 Å². The van der Waals surface area contributed by atoms with Gasteiger partial charge < -0.3 is 13.6 Å². The van der Waals surface area contributed by atoms with Crippen LogP contribution in [0, 0.1) is 30.1 Å². The fourth-order valence-corrected chi connectivity index (χ4v) is 8.93. The minimum absolute atomic E-state index is 0.185. The van der Waals surface area contributed by atoms with Gasteiger partial charge in [0.15, 0.2) is 0 Å². The lowest BCUT2D eigenvalue weighted by Crippen LogP contribution is -2.40. The number of hydrogen-bond acceptors (Lipinski definition) is 4. The summed E-state index contributed by atoms with van der Waals surface area (Å²) < 4.78 is 19.5. The van der Waals surface area contributed by atoms with Crippen molar-refractivity contribution in [3.63, 3.8) is 0 Å². The second-order valence-corrected chi connectivity index (χ2v) is 21.6. The van der Waals surface area contributed by atoms with Crippen LogP contribution >= 0.6 is 0 Å². The molecule has 0 aromatic carbocycles. The van der Waals surface area contributed by atoms with Gasteiger partial charge in [-0.15, -0.1) is 6.42 Å². The van der Waals surface area contributed by atoms with Gasteiger partial charge in [0.25, 0.3) is 0 Å². The zero-order chi connectivity index (χ0) is 40.8. The molecule has 0 spiro atoms. The molecule has 0 radical (unpaired) electrons. The molecule has 0 aliphatic rings. The van der Waals surface area contributed by atoms with Crippen LogP contribution in [0.1, 0.15) is 215 Å². The Balaban J connectivity index is 4.59. The summed E-state index contributed by atoms with van der Waals surface area (Å²) in [5.41, 5.74) is 1.45. The van der Waals surface area contributed by atoms with Crippen LogP contribution in [0.4, 0.5) is 0 Å². The predicted octanol–water partition coefficient (Wildman–Crippen LogP) is 15.6.